The van der Waals surface area contributed by atoms with Gasteiger partial charge in [0, 0.05) is 5.92 Å². The molecule has 3 nitrogen and oxygen atoms in total. The zero-order chi connectivity index (χ0) is 12.1. The summed E-state index contributed by atoms with van der Waals surface area (Å²) in [5.41, 5.74) is 1.57. The number of carbonyl (C=O) groups is 1. The highest BCUT2D eigenvalue weighted by atomic mass is 35.5. The summed E-state index contributed by atoms with van der Waals surface area (Å²) in [6.45, 7) is 5.89. The topological polar surface area (TPSA) is 42.0 Å². The number of carbonyl (C=O) groups excluding carboxylic acids is 1. The van der Waals surface area contributed by atoms with Gasteiger partial charge in [0.2, 0.25) is 5.91 Å². The molecule has 0 aliphatic heterocycles. The number of hydrogen-bond donors (Lipinski definition) is 1. The van der Waals surface area contributed by atoms with Gasteiger partial charge in [0.25, 0.3) is 0 Å². The van der Waals surface area contributed by atoms with Crippen LogP contribution in [0, 0.1) is 12.8 Å². The summed E-state index contributed by atoms with van der Waals surface area (Å²) in [6.07, 6.45) is 3.28. The molecule has 0 unspecified atom stereocenters. The van der Waals surface area contributed by atoms with Crippen LogP contribution in [0.5, 0.6) is 0 Å². The van der Waals surface area contributed by atoms with Gasteiger partial charge < -0.3 is 5.32 Å². The van der Waals surface area contributed by atoms with E-state index < -0.39 is 0 Å². The molecular weight excluding hydrogens is 224 g/mol. The Bertz CT molecular complexity index is 375. The number of aromatic nitrogens is 1. The third kappa shape index (κ3) is 3.20. The molecule has 1 aromatic rings. The standard InChI is InChI=1S/C12H17ClN2O/c1-4-9(5-2)12(16)15-10-6-8(3)11(13)14-7-10/h6-7,9H,4-5H2,1-3H3,(H,15,16). The molecule has 0 radical (unpaired) electrons. The molecule has 16 heavy (non-hydrogen) atoms. The lowest BCUT2D eigenvalue weighted by molar-refractivity contribution is -0.120. The van der Waals surface area contributed by atoms with E-state index in [0.29, 0.717) is 10.8 Å². The van der Waals surface area contributed by atoms with Gasteiger partial charge in [-0.05, 0) is 31.4 Å². The number of amides is 1. The zero-order valence-corrected chi connectivity index (χ0v) is 10.6. The quantitative estimate of drug-likeness (QED) is 0.820. The monoisotopic (exact) mass is 240 g/mol. The van der Waals surface area contributed by atoms with Gasteiger partial charge in [0.15, 0.2) is 0 Å². The maximum atomic E-state index is 11.8. The maximum absolute atomic E-state index is 11.8. The molecule has 0 aliphatic carbocycles. The summed E-state index contributed by atoms with van der Waals surface area (Å²) in [6, 6.07) is 1.83. The number of rotatable bonds is 4. The molecule has 0 aliphatic rings. The van der Waals surface area contributed by atoms with Gasteiger partial charge in [-0.1, -0.05) is 25.4 Å². The number of hydrogen-bond acceptors (Lipinski definition) is 2. The van der Waals surface area contributed by atoms with Crippen LogP contribution in [0.25, 0.3) is 0 Å². The van der Waals surface area contributed by atoms with E-state index in [1.807, 2.05) is 26.8 Å². The molecule has 1 aromatic heterocycles. The van der Waals surface area contributed by atoms with E-state index in [-0.39, 0.29) is 11.8 Å². The average Bonchev–Trinajstić information content (AvgIpc) is 2.25. The minimum Gasteiger partial charge on any atom is -0.324 e. The van der Waals surface area contributed by atoms with Gasteiger partial charge in [-0.25, -0.2) is 4.98 Å². The summed E-state index contributed by atoms with van der Waals surface area (Å²) in [4.78, 5) is 15.8. The first-order valence-electron chi connectivity index (χ1n) is 5.51. The number of pyridine rings is 1. The number of nitrogens with zero attached hydrogens (tertiary/aromatic N) is 1. The normalized spacial score (nSPS) is 10.6. The number of anilines is 1. The molecule has 4 heteroatoms. The molecule has 0 atom stereocenters. The van der Waals surface area contributed by atoms with E-state index in [2.05, 4.69) is 10.3 Å². The van der Waals surface area contributed by atoms with Crippen LogP contribution in [0.4, 0.5) is 5.69 Å². The van der Waals surface area contributed by atoms with E-state index in [9.17, 15) is 4.79 Å². The van der Waals surface area contributed by atoms with Gasteiger partial charge in [-0.3, -0.25) is 4.79 Å². The molecule has 1 rings (SSSR count). The molecule has 0 fully saturated rings. The number of nitrogens with one attached hydrogen (secondary N) is 1. The highest BCUT2D eigenvalue weighted by molar-refractivity contribution is 6.30. The number of aryl methyl sites for hydroxylation is 1. The van der Waals surface area contributed by atoms with Gasteiger partial charge in [0.05, 0.1) is 11.9 Å². The lowest BCUT2D eigenvalue weighted by Gasteiger charge is -2.12. The van der Waals surface area contributed by atoms with Gasteiger partial charge in [0.1, 0.15) is 5.15 Å². The molecule has 0 bridgehead atoms. The smallest absolute Gasteiger partial charge is 0.227 e. The summed E-state index contributed by atoms with van der Waals surface area (Å²) in [5, 5.41) is 3.32. The van der Waals surface area contributed by atoms with Crippen molar-refractivity contribution in [2.24, 2.45) is 5.92 Å². The van der Waals surface area contributed by atoms with Crippen LogP contribution < -0.4 is 5.32 Å². The van der Waals surface area contributed by atoms with Crippen LogP contribution in [0.15, 0.2) is 12.3 Å². The summed E-state index contributed by atoms with van der Waals surface area (Å²) in [5.74, 6) is 0.115. The summed E-state index contributed by atoms with van der Waals surface area (Å²) >= 11 is 5.81. The third-order valence-corrected chi connectivity index (χ3v) is 3.03. The second-order valence-electron chi connectivity index (χ2n) is 3.83. The van der Waals surface area contributed by atoms with Crippen LogP contribution in [0.3, 0.4) is 0 Å². The molecule has 0 saturated carbocycles. The van der Waals surface area contributed by atoms with Crippen molar-refractivity contribution in [1.82, 2.24) is 4.98 Å². The first kappa shape index (κ1) is 13.0. The van der Waals surface area contributed by atoms with Crippen molar-refractivity contribution in [3.63, 3.8) is 0 Å². The molecule has 1 N–H and O–H groups in total. The zero-order valence-electron chi connectivity index (χ0n) is 9.88. The van der Waals surface area contributed by atoms with Crippen LogP contribution >= 0.6 is 11.6 Å². The fourth-order valence-corrected chi connectivity index (χ4v) is 1.63. The predicted octanol–water partition coefficient (Wildman–Crippen LogP) is 3.42. The van der Waals surface area contributed by atoms with Crippen molar-refractivity contribution < 1.29 is 4.79 Å². The van der Waals surface area contributed by atoms with Gasteiger partial charge >= 0.3 is 0 Å². The first-order chi connectivity index (χ1) is 7.58. The summed E-state index contributed by atoms with van der Waals surface area (Å²) in [7, 11) is 0. The van der Waals surface area contributed by atoms with Crippen molar-refractivity contribution in [1.29, 1.82) is 0 Å². The molecule has 0 saturated heterocycles. The predicted molar refractivity (Wildman–Crippen MR) is 66.7 cm³/mol. The molecule has 1 heterocycles. The van der Waals surface area contributed by atoms with Crippen LogP contribution in [-0.4, -0.2) is 10.9 Å². The van der Waals surface area contributed by atoms with E-state index >= 15 is 0 Å². The van der Waals surface area contributed by atoms with Gasteiger partial charge in [-0.15, -0.1) is 0 Å². The molecule has 1 amide bonds. The largest absolute Gasteiger partial charge is 0.324 e. The molecule has 0 spiro atoms. The fraction of sp³-hybridized carbons (Fsp3) is 0.500. The lowest BCUT2D eigenvalue weighted by atomic mass is 10.0. The Hall–Kier alpha value is -1.09. The van der Waals surface area contributed by atoms with Crippen molar-refractivity contribution in [2.45, 2.75) is 33.6 Å². The number of halogens is 1. The lowest BCUT2D eigenvalue weighted by Crippen LogP contribution is -2.21. The van der Waals surface area contributed by atoms with Crippen LogP contribution in [0.2, 0.25) is 5.15 Å². The highest BCUT2D eigenvalue weighted by Crippen LogP contribution is 2.17. The van der Waals surface area contributed by atoms with E-state index in [1.165, 1.54) is 0 Å². The van der Waals surface area contributed by atoms with E-state index in [0.717, 1.165) is 18.4 Å². The fourth-order valence-electron chi connectivity index (χ4n) is 1.53. The minimum atomic E-state index is 0.0496. The minimum absolute atomic E-state index is 0.0496. The first-order valence-corrected chi connectivity index (χ1v) is 5.89. The van der Waals surface area contributed by atoms with Crippen molar-refractivity contribution in [2.75, 3.05) is 5.32 Å². The third-order valence-electron chi connectivity index (χ3n) is 2.64. The van der Waals surface area contributed by atoms with Crippen molar-refractivity contribution in [3.8, 4) is 0 Å². The SMILES string of the molecule is CCC(CC)C(=O)Nc1cnc(Cl)c(C)c1. The van der Waals surface area contributed by atoms with E-state index in [4.69, 9.17) is 11.6 Å². The second kappa shape index (κ2) is 5.85. The van der Waals surface area contributed by atoms with Crippen LogP contribution in [-0.2, 0) is 4.79 Å². The Labute approximate surface area is 101 Å². The highest BCUT2D eigenvalue weighted by Gasteiger charge is 2.14. The van der Waals surface area contributed by atoms with E-state index in [1.54, 1.807) is 6.20 Å². The Morgan fingerprint density at radius 1 is 1.50 bits per heavy atom. The molecule has 0 aromatic carbocycles. The van der Waals surface area contributed by atoms with Crippen molar-refractivity contribution >= 4 is 23.2 Å². The molecular formula is C12H17ClN2O. The Balaban J connectivity index is 2.73. The molecule has 88 valence electrons. The second-order valence-corrected chi connectivity index (χ2v) is 4.19. The van der Waals surface area contributed by atoms with Crippen LogP contribution in [0.1, 0.15) is 32.3 Å². The average molecular weight is 241 g/mol. The Morgan fingerprint density at radius 2 is 2.12 bits per heavy atom. The van der Waals surface area contributed by atoms with Crippen molar-refractivity contribution in [3.05, 3.63) is 23.0 Å². The maximum Gasteiger partial charge on any atom is 0.227 e. The Kier molecular flexibility index (Phi) is 4.74. The Morgan fingerprint density at radius 3 is 2.62 bits per heavy atom. The van der Waals surface area contributed by atoms with Gasteiger partial charge in [-0.2, -0.15) is 0 Å². The summed E-state index contributed by atoms with van der Waals surface area (Å²) < 4.78 is 0.